The van der Waals surface area contributed by atoms with E-state index < -0.39 is 24.0 Å². The van der Waals surface area contributed by atoms with Crippen molar-refractivity contribution in [1.82, 2.24) is 4.90 Å². The molecule has 1 aromatic carbocycles. The first kappa shape index (κ1) is 14.9. The largest absolute Gasteiger partial charge is 0.481 e. The minimum absolute atomic E-state index is 0.115. The van der Waals surface area contributed by atoms with Crippen LogP contribution in [0.25, 0.3) is 0 Å². The Kier molecular flexibility index (Phi) is 4.45. The molecule has 21 heavy (non-hydrogen) atoms. The van der Waals surface area contributed by atoms with Gasteiger partial charge in [-0.3, -0.25) is 4.79 Å². The van der Waals surface area contributed by atoms with Crippen molar-refractivity contribution in [3.05, 3.63) is 29.8 Å². The van der Waals surface area contributed by atoms with Gasteiger partial charge in [0.15, 0.2) is 0 Å². The zero-order chi connectivity index (χ0) is 15.4. The van der Waals surface area contributed by atoms with Crippen LogP contribution in [0, 0.1) is 18.3 Å². The van der Waals surface area contributed by atoms with Crippen LogP contribution in [0.15, 0.2) is 24.3 Å². The zero-order valence-electron chi connectivity index (χ0n) is 11.6. The van der Waals surface area contributed by atoms with Gasteiger partial charge in [0.2, 0.25) is 0 Å². The van der Waals surface area contributed by atoms with Gasteiger partial charge in [-0.15, -0.1) is 6.42 Å². The number of carboxylic acid groups (broad SMARTS) is 1. The number of ether oxygens (including phenoxy) is 1. The minimum atomic E-state index is -0.966. The van der Waals surface area contributed by atoms with E-state index in [0.29, 0.717) is 11.3 Å². The number of anilines is 1. The Morgan fingerprint density at radius 3 is 2.90 bits per heavy atom. The molecule has 110 valence electrons. The number of likely N-dealkylation sites (N-methyl/N-ethyl adjacent to an activating group) is 1. The minimum Gasteiger partial charge on any atom is -0.481 e. The third-order valence-corrected chi connectivity index (χ3v) is 3.47. The molecule has 6 nitrogen and oxygen atoms in total. The monoisotopic (exact) mass is 288 g/mol. The number of carbonyl (C=O) groups is 2. The molecule has 1 fully saturated rings. The third kappa shape index (κ3) is 3.33. The second-order valence-electron chi connectivity index (χ2n) is 4.82. The van der Waals surface area contributed by atoms with E-state index in [4.69, 9.17) is 16.3 Å². The Morgan fingerprint density at radius 1 is 1.48 bits per heavy atom. The van der Waals surface area contributed by atoms with Crippen LogP contribution < -0.4 is 5.32 Å². The molecule has 0 aliphatic carbocycles. The number of benzene rings is 1. The van der Waals surface area contributed by atoms with Gasteiger partial charge in [0.1, 0.15) is 5.92 Å². The number of nitrogens with one attached hydrogen (secondary N) is 1. The van der Waals surface area contributed by atoms with E-state index in [1.54, 1.807) is 31.3 Å². The number of urea groups is 1. The Labute approximate surface area is 122 Å². The van der Waals surface area contributed by atoms with Crippen LogP contribution in [0.1, 0.15) is 5.56 Å². The fraction of sp³-hybridized carbons (Fsp3) is 0.333. The number of hydrogen-bond donors (Lipinski definition) is 2. The van der Waals surface area contributed by atoms with Crippen LogP contribution in [0.2, 0.25) is 0 Å². The number of rotatable bonds is 3. The molecule has 2 atom stereocenters. The van der Waals surface area contributed by atoms with Crippen molar-refractivity contribution in [3.63, 3.8) is 0 Å². The molecule has 0 spiro atoms. The summed E-state index contributed by atoms with van der Waals surface area (Å²) in [6, 6.07) is 6.00. The first-order valence-electron chi connectivity index (χ1n) is 6.44. The van der Waals surface area contributed by atoms with Crippen molar-refractivity contribution >= 4 is 17.7 Å². The summed E-state index contributed by atoms with van der Waals surface area (Å²) < 4.78 is 5.16. The molecule has 1 heterocycles. The first-order valence-corrected chi connectivity index (χ1v) is 6.44. The predicted molar refractivity (Wildman–Crippen MR) is 76.9 cm³/mol. The van der Waals surface area contributed by atoms with E-state index in [1.165, 1.54) is 4.90 Å². The van der Waals surface area contributed by atoms with E-state index in [9.17, 15) is 9.59 Å². The maximum absolute atomic E-state index is 12.2. The maximum atomic E-state index is 12.2. The number of carbonyl (C=O) groups excluding carboxylic acids is 1. The van der Waals surface area contributed by atoms with Crippen molar-refractivity contribution in [2.24, 2.45) is 5.92 Å². The Hall–Kier alpha value is -2.52. The third-order valence-electron chi connectivity index (χ3n) is 3.47. The standard InChI is InChI=1S/C15H16N2O4/c1-3-10-5-4-6-11(7-10)16-15(20)17(2)13-9-21-8-12(13)14(18)19/h1,4-7,12-13H,8-9H2,2H3,(H,16,20)(H,18,19). The molecule has 1 aliphatic rings. The fourth-order valence-electron chi connectivity index (χ4n) is 2.21. The topological polar surface area (TPSA) is 78.9 Å². The average molecular weight is 288 g/mol. The second kappa shape index (κ2) is 6.29. The quantitative estimate of drug-likeness (QED) is 0.820. The van der Waals surface area contributed by atoms with Crippen molar-refractivity contribution < 1.29 is 19.4 Å². The van der Waals surface area contributed by atoms with E-state index >= 15 is 0 Å². The highest BCUT2D eigenvalue weighted by Crippen LogP contribution is 2.20. The molecule has 1 saturated heterocycles. The zero-order valence-corrected chi connectivity index (χ0v) is 11.6. The molecule has 1 aromatic rings. The molecule has 0 radical (unpaired) electrons. The lowest BCUT2D eigenvalue weighted by Gasteiger charge is -2.26. The normalized spacial score (nSPS) is 20.6. The first-order chi connectivity index (χ1) is 10.0. The SMILES string of the molecule is C#Cc1cccc(NC(=O)N(C)C2COCC2C(=O)O)c1. The van der Waals surface area contributed by atoms with Crippen LogP contribution in [0.3, 0.4) is 0 Å². The molecule has 2 rings (SSSR count). The van der Waals surface area contributed by atoms with Gasteiger partial charge in [-0.05, 0) is 18.2 Å². The van der Waals surface area contributed by atoms with E-state index in [-0.39, 0.29) is 13.2 Å². The lowest BCUT2D eigenvalue weighted by molar-refractivity contribution is -0.142. The fourth-order valence-corrected chi connectivity index (χ4v) is 2.21. The summed E-state index contributed by atoms with van der Waals surface area (Å²) in [5, 5.41) is 11.8. The number of aliphatic carboxylic acids is 1. The summed E-state index contributed by atoms with van der Waals surface area (Å²) in [4.78, 5) is 24.7. The molecule has 2 amide bonds. The summed E-state index contributed by atoms with van der Waals surface area (Å²) in [5.74, 6) is 0.808. The maximum Gasteiger partial charge on any atom is 0.321 e. The summed E-state index contributed by atoms with van der Waals surface area (Å²) >= 11 is 0. The van der Waals surface area contributed by atoms with Crippen LogP contribution >= 0.6 is 0 Å². The van der Waals surface area contributed by atoms with Crippen LogP contribution in [-0.4, -0.2) is 48.3 Å². The Morgan fingerprint density at radius 2 is 2.24 bits per heavy atom. The van der Waals surface area contributed by atoms with Gasteiger partial charge in [0, 0.05) is 18.3 Å². The molecule has 2 unspecified atom stereocenters. The number of carboxylic acids is 1. The van der Waals surface area contributed by atoms with E-state index in [1.807, 2.05) is 0 Å². The number of nitrogens with zero attached hydrogens (tertiary/aromatic N) is 1. The van der Waals surface area contributed by atoms with Crippen molar-refractivity contribution in [2.45, 2.75) is 6.04 Å². The second-order valence-corrected chi connectivity index (χ2v) is 4.82. The summed E-state index contributed by atoms with van der Waals surface area (Å²) in [6.45, 7) is 0.329. The van der Waals surface area contributed by atoms with Gasteiger partial charge in [-0.25, -0.2) is 4.79 Å². The van der Waals surface area contributed by atoms with E-state index in [2.05, 4.69) is 11.2 Å². The van der Waals surface area contributed by atoms with Gasteiger partial charge in [0.05, 0.1) is 19.3 Å². The van der Waals surface area contributed by atoms with Crippen LogP contribution in [-0.2, 0) is 9.53 Å². The van der Waals surface area contributed by atoms with Gasteiger partial charge in [-0.1, -0.05) is 12.0 Å². The van der Waals surface area contributed by atoms with Crippen LogP contribution in [0.5, 0.6) is 0 Å². The lowest BCUT2D eigenvalue weighted by Crippen LogP contribution is -2.45. The molecule has 2 N–H and O–H groups in total. The molecule has 0 bridgehead atoms. The average Bonchev–Trinajstić information content (AvgIpc) is 2.96. The van der Waals surface area contributed by atoms with Gasteiger partial charge in [-0.2, -0.15) is 0 Å². The van der Waals surface area contributed by atoms with E-state index in [0.717, 1.165) is 0 Å². The highest BCUT2D eigenvalue weighted by molar-refractivity contribution is 5.90. The van der Waals surface area contributed by atoms with Crippen LogP contribution in [0.4, 0.5) is 10.5 Å². The van der Waals surface area contributed by atoms with Gasteiger partial charge < -0.3 is 20.1 Å². The molecular weight excluding hydrogens is 272 g/mol. The number of amides is 2. The molecule has 0 saturated carbocycles. The highest BCUT2D eigenvalue weighted by Gasteiger charge is 2.38. The molecule has 1 aliphatic heterocycles. The highest BCUT2D eigenvalue weighted by atomic mass is 16.5. The Balaban J connectivity index is 2.05. The van der Waals surface area contributed by atoms with Gasteiger partial charge >= 0.3 is 12.0 Å². The van der Waals surface area contributed by atoms with Crippen molar-refractivity contribution in [2.75, 3.05) is 25.6 Å². The smallest absolute Gasteiger partial charge is 0.321 e. The summed E-state index contributed by atoms with van der Waals surface area (Å²) in [6.07, 6.45) is 5.31. The number of hydrogen-bond acceptors (Lipinski definition) is 3. The van der Waals surface area contributed by atoms with Crippen molar-refractivity contribution in [1.29, 1.82) is 0 Å². The molecule has 0 aromatic heterocycles. The lowest BCUT2D eigenvalue weighted by atomic mass is 10.0. The van der Waals surface area contributed by atoms with Crippen molar-refractivity contribution in [3.8, 4) is 12.3 Å². The molecular formula is C15H16N2O4. The Bertz CT molecular complexity index is 594. The predicted octanol–water partition coefficient (Wildman–Crippen LogP) is 1.23. The summed E-state index contributed by atoms with van der Waals surface area (Å²) in [7, 11) is 1.55. The van der Waals surface area contributed by atoms with Gasteiger partial charge in [0.25, 0.3) is 0 Å². The summed E-state index contributed by atoms with van der Waals surface area (Å²) in [5.41, 5.74) is 1.22. The molecule has 6 heteroatoms. The number of terminal acetylenes is 1.